The number of carbonyl (C=O) groups excluding carboxylic acids is 2. The molecule has 0 fully saturated rings. The van der Waals surface area contributed by atoms with Gasteiger partial charge in [-0.15, -0.1) is 0 Å². The Kier molecular flexibility index (Phi) is 8.46. The number of aliphatic carboxylic acids is 1. The highest BCUT2D eigenvalue weighted by atomic mass is 32.2. The fourth-order valence-corrected chi connectivity index (χ4v) is 1.03. The summed E-state index contributed by atoms with van der Waals surface area (Å²) in [5, 5.41) is 12.4. The molecule has 0 spiro atoms. The van der Waals surface area contributed by atoms with Crippen LogP contribution in [0.25, 0.3) is 0 Å². The van der Waals surface area contributed by atoms with Crippen LogP contribution in [-0.2, 0) is 14.4 Å². The Hall–Kier alpha value is -2.36. The van der Waals surface area contributed by atoms with E-state index in [-0.39, 0.29) is 11.6 Å². The fourth-order valence-electron chi connectivity index (χ4n) is 0.649. The van der Waals surface area contributed by atoms with Crippen LogP contribution < -0.4 is 4.83 Å². The van der Waals surface area contributed by atoms with E-state index in [1.807, 2.05) is 0 Å². The molecule has 0 saturated carbocycles. The summed E-state index contributed by atoms with van der Waals surface area (Å²) in [4.78, 5) is 33.5. The standard InChI is InChI=1S/C9H8N2O2S.C2HF3O2/c12-8-2-1-6-10-11-14-7-5-9(13)4-3-8;3-2(4,5)1(6)7/h1-7,11H;(H,6,7)/b2-1+,4-3?,7-5-,10-6-;. The van der Waals surface area contributed by atoms with E-state index < -0.39 is 12.1 Å². The monoisotopic (exact) mass is 322 g/mol. The molecule has 0 bridgehead atoms. The SMILES string of the molecule is O=C(O)C(F)(F)F.O=C1C=CC(=O)/C=C/C=N\NS/C=C\1. The van der Waals surface area contributed by atoms with Gasteiger partial charge in [-0.25, -0.2) is 9.63 Å². The Morgan fingerprint density at radius 2 is 1.67 bits per heavy atom. The summed E-state index contributed by atoms with van der Waals surface area (Å²) < 4.78 is 31.7. The average Bonchev–Trinajstić information content (AvgIpc) is 2.37. The molecule has 2 N–H and O–H groups in total. The minimum absolute atomic E-state index is 0.231. The van der Waals surface area contributed by atoms with Gasteiger partial charge in [-0.1, -0.05) is 0 Å². The van der Waals surface area contributed by atoms with E-state index in [9.17, 15) is 22.8 Å². The molecule has 0 radical (unpaired) electrons. The highest BCUT2D eigenvalue weighted by molar-refractivity contribution is 8.00. The van der Waals surface area contributed by atoms with Gasteiger partial charge in [0, 0.05) is 6.21 Å². The highest BCUT2D eigenvalue weighted by Gasteiger charge is 2.38. The first-order valence-electron chi connectivity index (χ1n) is 5.06. The third kappa shape index (κ3) is 11.2. The van der Waals surface area contributed by atoms with Crippen molar-refractivity contribution in [3.8, 4) is 0 Å². The van der Waals surface area contributed by atoms with Crippen LogP contribution >= 0.6 is 11.9 Å². The maximum atomic E-state index is 11.0. The van der Waals surface area contributed by atoms with Crippen molar-refractivity contribution in [2.75, 3.05) is 0 Å². The van der Waals surface area contributed by atoms with E-state index in [1.54, 1.807) is 5.41 Å². The molecule has 1 rings (SSSR count). The van der Waals surface area contributed by atoms with Crippen LogP contribution in [0.15, 0.2) is 40.9 Å². The first kappa shape index (κ1) is 18.6. The zero-order valence-corrected chi connectivity index (χ0v) is 11.0. The molecule has 6 nitrogen and oxygen atoms in total. The van der Waals surface area contributed by atoms with Crippen LogP contribution in [0.4, 0.5) is 13.2 Å². The van der Waals surface area contributed by atoms with E-state index in [1.165, 1.54) is 48.5 Å². The lowest BCUT2D eigenvalue weighted by Gasteiger charge is -1.93. The molecule has 114 valence electrons. The van der Waals surface area contributed by atoms with Crippen molar-refractivity contribution in [1.29, 1.82) is 0 Å². The van der Waals surface area contributed by atoms with Gasteiger partial charge in [0.15, 0.2) is 11.6 Å². The van der Waals surface area contributed by atoms with Gasteiger partial charge < -0.3 is 5.11 Å². The minimum Gasteiger partial charge on any atom is -0.475 e. The molecule has 0 unspecified atom stereocenters. The van der Waals surface area contributed by atoms with Crippen LogP contribution in [0.5, 0.6) is 0 Å². The molecule has 0 aliphatic carbocycles. The van der Waals surface area contributed by atoms with Gasteiger partial charge in [0.2, 0.25) is 0 Å². The number of hydrogen-bond donors (Lipinski definition) is 2. The minimum atomic E-state index is -5.08. The summed E-state index contributed by atoms with van der Waals surface area (Å²) in [5.41, 5.74) is 0. The first-order valence-corrected chi connectivity index (χ1v) is 5.94. The van der Waals surface area contributed by atoms with Gasteiger partial charge in [0.1, 0.15) is 0 Å². The Bertz CT molecular complexity index is 510. The predicted octanol–water partition coefficient (Wildman–Crippen LogP) is 1.62. The molecule has 0 aromatic rings. The Morgan fingerprint density at radius 1 is 1.14 bits per heavy atom. The number of rotatable bonds is 0. The number of hydrogen-bond acceptors (Lipinski definition) is 6. The third-order valence-corrected chi connectivity index (χ3v) is 1.96. The Morgan fingerprint density at radius 3 is 2.19 bits per heavy atom. The summed E-state index contributed by atoms with van der Waals surface area (Å²) in [6.45, 7) is 0. The predicted molar refractivity (Wildman–Crippen MR) is 70.3 cm³/mol. The maximum Gasteiger partial charge on any atom is 0.490 e. The Balaban J connectivity index is 0.000000486. The van der Waals surface area contributed by atoms with Gasteiger partial charge in [0.05, 0.1) is 0 Å². The van der Waals surface area contributed by atoms with Gasteiger partial charge in [-0.05, 0) is 47.7 Å². The molecule has 10 heteroatoms. The number of hydrazone groups is 1. The molecule has 0 aromatic heterocycles. The number of allylic oxidation sites excluding steroid dienone is 5. The molecule has 1 aliphatic rings. The zero-order chi connectivity index (χ0) is 16.3. The second-order valence-corrected chi connectivity index (χ2v) is 3.78. The number of alkyl halides is 3. The van der Waals surface area contributed by atoms with E-state index in [0.29, 0.717) is 0 Å². The van der Waals surface area contributed by atoms with Crippen LogP contribution in [0.3, 0.4) is 0 Å². The van der Waals surface area contributed by atoms with E-state index in [2.05, 4.69) is 9.93 Å². The summed E-state index contributed by atoms with van der Waals surface area (Å²) in [6, 6.07) is 0. The summed E-state index contributed by atoms with van der Waals surface area (Å²) in [6.07, 6.45) is 2.98. The smallest absolute Gasteiger partial charge is 0.475 e. The lowest BCUT2D eigenvalue weighted by molar-refractivity contribution is -0.192. The first-order chi connectivity index (χ1) is 9.73. The quantitative estimate of drug-likeness (QED) is 0.658. The van der Waals surface area contributed by atoms with Crippen molar-refractivity contribution < 1.29 is 32.7 Å². The van der Waals surface area contributed by atoms with E-state index >= 15 is 0 Å². The molecule has 0 saturated heterocycles. The summed E-state index contributed by atoms with van der Waals surface area (Å²) in [7, 11) is 0. The van der Waals surface area contributed by atoms with Crippen molar-refractivity contribution in [3.05, 3.63) is 35.8 Å². The fraction of sp³-hybridized carbons (Fsp3) is 0.0909. The lowest BCUT2D eigenvalue weighted by atomic mass is 10.3. The topological polar surface area (TPSA) is 95.8 Å². The van der Waals surface area contributed by atoms with Crippen molar-refractivity contribution in [2.45, 2.75) is 6.18 Å². The largest absolute Gasteiger partial charge is 0.490 e. The van der Waals surface area contributed by atoms with Gasteiger partial charge in [-0.2, -0.15) is 18.3 Å². The van der Waals surface area contributed by atoms with E-state index in [0.717, 1.165) is 0 Å². The molecule has 1 aliphatic heterocycles. The highest BCUT2D eigenvalue weighted by Crippen LogP contribution is 2.13. The number of nitrogens with one attached hydrogen (secondary N) is 1. The number of ketones is 2. The third-order valence-electron chi connectivity index (χ3n) is 1.48. The number of halogens is 3. The number of carboxylic acids is 1. The second kappa shape index (κ2) is 9.53. The van der Waals surface area contributed by atoms with Crippen molar-refractivity contribution in [1.82, 2.24) is 4.83 Å². The van der Waals surface area contributed by atoms with Crippen LogP contribution in [0, 0.1) is 0 Å². The van der Waals surface area contributed by atoms with Crippen molar-refractivity contribution >= 4 is 35.7 Å². The summed E-state index contributed by atoms with van der Waals surface area (Å²) >= 11 is 1.17. The molecule has 0 aromatic carbocycles. The van der Waals surface area contributed by atoms with Gasteiger partial charge in [0.25, 0.3) is 0 Å². The molecule has 21 heavy (non-hydrogen) atoms. The van der Waals surface area contributed by atoms with Crippen molar-refractivity contribution in [2.24, 2.45) is 5.10 Å². The van der Waals surface area contributed by atoms with Crippen molar-refractivity contribution in [3.63, 3.8) is 0 Å². The normalized spacial score (nSPS) is 20.0. The number of nitrogens with zero attached hydrogens (tertiary/aromatic N) is 1. The zero-order valence-electron chi connectivity index (χ0n) is 10.2. The molecule has 0 atom stereocenters. The number of carbonyl (C=O) groups is 3. The van der Waals surface area contributed by atoms with Gasteiger partial charge >= 0.3 is 12.1 Å². The molecule has 0 amide bonds. The van der Waals surface area contributed by atoms with Crippen LogP contribution in [0.2, 0.25) is 0 Å². The van der Waals surface area contributed by atoms with Crippen LogP contribution in [-0.4, -0.2) is 35.0 Å². The molecular formula is C11H9F3N2O4S. The van der Waals surface area contributed by atoms with Crippen LogP contribution in [0.1, 0.15) is 0 Å². The second-order valence-electron chi connectivity index (χ2n) is 3.09. The summed E-state index contributed by atoms with van der Waals surface area (Å²) in [5.74, 6) is -3.23. The number of carboxylic acid groups (broad SMARTS) is 1. The Labute approximate surface area is 121 Å². The molecule has 1 heterocycles. The van der Waals surface area contributed by atoms with Gasteiger partial charge in [-0.3, -0.25) is 9.59 Å². The average molecular weight is 322 g/mol. The van der Waals surface area contributed by atoms with E-state index in [4.69, 9.17) is 9.90 Å². The maximum absolute atomic E-state index is 11.0. The lowest BCUT2D eigenvalue weighted by Crippen LogP contribution is -2.21. The molecular weight excluding hydrogens is 313 g/mol.